The van der Waals surface area contributed by atoms with Gasteiger partial charge in [0.05, 0.1) is 5.52 Å². The molecule has 0 aliphatic heterocycles. The molecule has 2 aromatic rings. The first-order valence-corrected chi connectivity index (χ1v) is 6.60. The fraction of sp³-hybridized carbons (Fsp3) is 0.375. The highest BCUT2D eigenvalue weighted by atomic mass is 16.1. The molecule has 18 heavy (non-hydrogen) atoms. The van der Waals surface area contributed by atoms with Crippen molar-refractivity contribution in [3.63, 3.8) is 0 Å². The van der Waals surface area contributed by atoms with Gasteiger partial charge < -0.3 is 0 Å². The molecule has 0 bridgehead atoms. The molecular formula is C16H17NO. The van der Waals surface area contributed by atoms with Crippen molar-refractivity contribution in [2.75, 3.05) is 0 Å². The van der Waals surface area contributed by atoms with Crippen LogP contribution in [0, 0.1) is 6.92 Å². The summed E-state index contributed by atoms with van der Waals surface area (Å²) in [5.74, 6) is 0.970. The lowest BCUT2D eigenvalue weighted by atomic mass is 9.83. The van der Waals surface area contributed by atoms with Crippen molar-refractivity contribution in [3.05, 3.63) is 41.6 Å². The lowest BCUT2D eigenvalue weighted by Gasteiger charge is -2.21. The second kappa shape index (κ2) is 4.52. The summed E-state index contributed by atoms with van der Waals surface area (Å²) in [6, 6.07) is 8.70. The van der Waals surface area contributed by atoms with Gasteiger partial charge in [-0.3, -0.25) is 9.78 Å². The SMILES string of the molecule is Cc1cnc2ccc(C3CCC(=O)CC3)cc2c1. The topological polar surface area (TPSA) is 30.0 Å². The third-order valence-electron chi connectivity index (χ3n) is 3.86. The molecule has 92 valence electrons. The predicted octanol–water partition coefficient (Wildman–Crippen LogP) is 3.77. The Balaban J connectivity index is 1.95. The molecule has 0 radical (unpaired) electrons. The van der Waals surface area contributed by atoms with E-state index in [9.17, 15) is 4.79 Å². The van der Waals surface area contributed by atoms with E-state index in [0.717, 1.165) is 31.2 Å². The number of rotatable bonds is 1. The summed E-state index contributed by atoms with van der Waals surface area (Å²) in [7, 11) is 0. The van der Waals surface area contributed by atoms with E-state index >= 15 is 0 Å². The molecular weight excluding hydrogens is 222 g/mol. The van der Waals surface area contributed by atoms with Crippen molar-refractivity contribution in [1.82, 2.24) is 4.98 Å². The zero-order valence-corrected chi connectivity index (χ0v) is 10.6. The molecule has 1 aromatic carbocycles. The minimum atomic E-state index is 0.421. The van der Waals surface area contributed by atoms with Crippen LogP contribution in [0.2, 0.25) is 0 Å². The monoisotopic (exact) mass is 239 g/mol. The molecule has 1 aliphatic carbocycles. The second-order valence-corrected chi connectivity index (χ2v) is 5.28. The Morgan fingerprint density at radius 2 is 1.94 bits per heavy atom. The van der Waals surface area contributed by atoms with Crippen molar-refractivity contribution >= 4 is 16.7 Å². The smallest absolute Gasteiger partial charge is 0.132 e. The van der Waals surface area contributed by atoms with Gasteiger partial charge in [0.1, 0.15) is 5.78 Å². The van der Waals surface area contributed by atoms with Crippen molar-refractivity contribution < 1.29 is 4.79 Å². The first kappa shape index (κ1) is 11.4. The molecule has 1 fully saturated rings. The Labute approximate surface area is 107 Å². The van der Waals surface area contributed by atoms with Gasteiger partial charge in [0.2, 0.25) is 0 Å². The van der Waals surface area contributed by atoms with Crippen LogP contribution in [-0.2, 0) is 4.79 Å². The van der Waals surface area contributed by atoms with Crippen LogP contribution in [0.3, 0.4) is 0 Å². The van der Waals surface area contributed by atoms with Gasteiger partial charge in [-0.1, -0.05) is 6.07 Å². The number of nitrogens with zero attached hydrogens (tertiary/aromatic N) is 1. The van der Waals surface area contributed by atoms with Crippen LogP contribution in [0.4, 0.5) is 0 Å². The summed E-state index contributed by atoms with van der Waals surface area (Å²) in [5, 5.41) is 1.21. The number of Topliss-reactive ketones (excluding diaryl/α,β-unsaturated/α-hetero) is 1. The zero-order valence-electron chi connectivity index (χ0n) is 10.6. The zero-order chi connectivity index (χ0) is 12.5. The molecule has 0 spiro atoms. The number of pyridine rings is 1. The number of hydrogen-bond acceptors (Lipinski definition) is 2. The minimum absolute atomic E-state index is 0.421. The van der Waals surface area contributed by atoms with E-state index in [1.54, 1.807) is 0 Å². The van der Waals surface area contributed by atoms with Crippen LogP contribution in [-0.4, -0.2) is 10.8 Å². The molecule has 2 heteroatoms. The Morgan fingerprint density at radius 3 is 2.72 bits per heavy atom. The van der Waals surface area contributed by atoms with Crippen LogP contribution >= 0.6 is 0 Å². The minimum Gasteiger partial charge on any atom is -0.300 e. The van der Waals surface area contributed by atoms with E-state index in [1.807, 2.05) is 6.20 Å². The summed E-state index contributed by atoms with van der Waals surface area (Å²) >= 11 is 0. The molecule has 1 saturated carbocycles. The lowest BCUT2D eigenvalue weighted by Crippen LogP contribution is -2.12. The summed E-state index contributed by atoms with van der Waals surface area (Å²) in [4.78, 5) is 15.7. The van der Waals surface area contributed by atoms with Crippen LogP contribution < -0.4 is 0 Å². The quantitative estimate of drug-likeness (QED) is 0.758. The normalized spacial score (nSPS) is 17.3. The average molecular weight is 239 g/mol. The number of ketones is 1. The maximum Gasteiger partial charge on any atom is 0.132 e. The van der Waals surface area contributed by atoms with Gasteiger partial charge in [0.25, 0.3) is 0 Å². The highest BCUT2D eigenvalue weighted by Gasteiger charge is 2.20. The van der Waals surface area contributed by atoms with Gasteiger partial charge in [-0.2, -0.15) is 0 Å². The van der Waals surface area contributed by atoms with Crippen molar-refractivity contribution in [2.24, 2.45) is 0 Å². The van der Waals surface area contributed by atoms with Crippen LogP contribution in [0.15, 0.2) is 30.5 Å². The largest absolute Gasteiger partial charge is 0.300 e. The lowest BCUT2D eigenvalue weighted by molar-refractivity contribution is -0.120. The Hall–Kier alpha value is -1.70. The molecule has 0 amide bonds. The Morgan fingerprint density at radius 1 is 1.17 bits per heavy atom. The first-order chi connectivity index (χ1) is 8.72. The Kier molecular flexibility index (Phi) is 2.86. The van der Waals surface area contributed by atoms with E-state index in [-0.39, 0.29) is 0 Å². The fourth-order valence-electron chi connectivity index (χ4n) is 2.79. The van der Waals surface area contributed by atoms with Crippen LogP contribution in [0.5, 0.6) is 0 Å². The predicted molar refractivity (Wildman–Crippen MR) is 72.7 cm³/mol. The molecule has 2 nitrogen and oxygen atoms in total. The molecule has 1 aromatic heterocycles. The maximum atomic E-state index is 11.3. The van der Waals surface area contributed by atoms with E-state index in [0.29, 0.717) is 11.7 Å². The molecule has 1 aliphatic rings. The van der Waals surface area contributed by atoms with Crippen molar-refractivity contribution in [1.29, 1.82) is 0 Å². The molecule has 1 heterocycles. The third-order valence-corrected chi connectivity index (χ3v) is 3.86. The molecule has 0 atom stereocenters. The Bertz CT molecular complexity index is 593. The van der Waals surface area contributed by atoms with Gasteiger partial charge in [-0.05, 0) is 55.0 Å². The van der Waals surface area contributed by atoms with E-state index in [4.69, 9.17) is 0 Å². The van der Waals surface area contributed by atoms with Crippen molar-refractivity contribution in [2.45, 2.75) is 38.5 Å². The maximum absolute atomic E-state index is 11.3. The average Bonchev–Trinajstić information content (AvgIpc) is 2.38. The third kappa shape index (κ3) is 2.15. The number of hydrogen-bond donors (Lipinski definition) is 0. The first-order valence-electron chi connectivity index (χ1n) is 6.60. The van der Waals surface area contributed by atoms with E-state index < -0.39 is 0 Å². The second-order valence-electron chi connectivity index (χ2n) is 5.28. The van der Waals surface area contributed by atoms with Crippen molar-refractivity contribution in [3.8, 4) is 0 Å². The molecule has 0 unspecified atom stereocenters. The van der Waals surface area contributed by atoms with Gasteiger partial charge in [0.15, 0.2) is 0 Å². The summed E-state index contributed by atoms with van der Waals surface area (Å²) in [5.41, 5.74) is 3.61. The molecule has 3 rings (SSSR count). The number of fused-ring (bicyclic) bond motifs is 1. The standard InChI is InChI=1S/C16H17NO/c1-11-8-14-9-13(4-7-16(14)17-10-11)12-2-5-15(18)6-3-12/h4,7-10,12H,2-3,5-6H2,1H3. The van der Waals surface area contributed by atoms with Crippen LogP contribution in [0.25, 0.3) is 10.9 Å². The number of carbonyl (C=O) groups is 1. The van der Waals surface area contributed by atoms with Gasteiger partial charge >= 0.3 is 0 Å². The number of carbonyl (C=O) groups excluding carboxylic acids is 1. The molecule has 0 N–H and O–H groups in total. The molecule has 0 saturated heterocycles. The van der Waals surface area contributed by atoms with Gasteiger partial charge in [0, 0.05) is 24.4 Å². The summed E-state index contributed by atoms with van der Waals surface area (Å²) in [6.07, 6.45) is 5.40. The van der Waals surface area contributed by atoms with Gasteiger partial charge in [-0.25, -0.2) is 0 Å². The number of aryl methyl sites for hydroxylation is 1. The number of benzene rings is 1. The van der Waals surface area contributed by atoms with E-state index in [1.165, 1.54) is 16.5 Å². The fourth-order valence-corrected chi connectivity index (χ4v) is 2.79. The van der Waals surface area contributed by atoms with Gasteiger partial charge in [-0.15, -0.1) is 0 Å². The summed E-state index contributed by atoms with van der Waals surface area (Å²) in [6.45, 7) is 2.07. The summed E-state index contributed by atoms with van der Waals surface area (Å²) < 4.78 is 0. The number of aromatic nitrogens is 1. The highest BCUT2D eigenvalue weighted by Crippen LogP contribution is 2.32. The highest BCUT2D eigenvalue weighted by molar-refractivity contribution is 5.81. The van der Waals surface area contributed by atoms with Crippen LogP contribution in [0.1, 0.15) is 42.7 Å². The van der Waals surface area contributed by atoms with E-state index in [2.05, 4.69) is 36.2 Å².